The van der Waals surface area contributed by atoms with E-state index in [1.54, 1.807) is 11.8 Å². The summed E-state index contributed by atoms with van der Waals surface area (Å²) < 4.78 is 1.29. The van der Waals surface area contributed by atoms with E-state index in [0.29, 0.717) is 4.71 Å². The van der Waals surface area contributed by atoms with Crippen molar-refractivity contribution in [2.75, 3.05) is 5.75 Å². The quantitative estimate of drug-likeness (QED) is 0.545. The number of nitrogens with one attached hydrogen (secondary N) is 2. The summed E-state index contributed by atoms with van der Waals surface area (Å²) >= 11 is 8.63. The molecule has 0 bridgehead atoms. The van der Waals surface area contributed by atoms with Crippen molar-refractivity contribution in [3.05, 3.63) is 0 Å². The summed E-state index contributed by atoms with van der Waals surface area (Å²) in [7, 11) is 0. The minimum atomic E-state index is 0.425. The molecule has 1 aliphatic rings. The predicted molar refractivity (Wildman–Crippen MR) is 66.8 cm³/mol. The summed E-state index contributed by atoms with van der Waals surface area (Å²) in [6.45, 7) is 2.24. The average molecular weight is 236 g/mol. The van der Waals surface area contributed by atoms with Crippen LogP contribution in [0.5, 0.6) is 0 Å². The van der Waals surface area contributed by atoms with Crippen molar-refractivity contribution >= 4 is 40.1 Å². The third kappa shape index (κ3) is 5.10. The van der Waals surface area contributed by atoms with E-state index in [2.05, 4.69) is 17.8 Å². The molecule has 0 amide bonds. The van der Waals surface area contributed by atoms with Gasteiger partial charge >= 0.3 is 0 Å². The maximum atomic E-state index is 4.99. The van der Waals surface area contributed by atoms with Crippen LogP contribution in [-0.4, -0.2) is 14.8 Å². The van der Waals surface area contributed by atoms with Gasteiger partial charge in [-0.3, -0.25) is 0 Å². The maximum absolute atomic E-state index is 4.99. The van der Waals surface area contributed by atoms with Crippen molar-refractivity contribution in [1.82, 2.24) is 10.9 Å². The summed E-state index contributed by atoms with van der Waals surface area (Å²) in [5, 5.41) is 0. The molecule has 0 saturated carbocycles. The number of thiocarbonyl (C=S) groups is 1. The van der Waals surface area contributed by atoms with Crippen molar-refractivity contribution in [1.29, 1.82) is 0 Å². The number of hydrogen-bond donors (Lipinski definition) is 2. The van der Waals surface area contributed by atoms with Crippen molar-refractivity contribution in [3.8, 4) is 0 Å². The first-order chi connectivity index (χ1) is 6.33. The highest BCUT2D eigenvalue weighted by Gasteiger charge is 2.18. The fourth-order valence-corrected chi connectivity index (χ4v) is 3.61. The fraction of sp³-hybridized carbons (Fsp3) is 0.875. The van der Waals surface area contributed by atoms with Gasteiger partial charge < -0.3 is 5.43 Å². The SMILES string of the molecule is CCCCCCSC1NNC(=S)S1. The minimum Gasteiger partial charge on any atom is -0.305 e. The van der Waals surface area contributed by atoms with Gasteiger partial charge in [-0.1, -0.05) is 50.2 Å². The lowest BCUT2D eigenvalue weighted by molar-refractivity contribution is 0.704. The summed E-state index contributed by atoms with van der Waals surface area (Å²) in [5.74, 6) is 1.23. The summed E-state index contributed by atoms with van der Waals surface area (Å²) in [4.78, 5) is 0. The van der Waals surface area contributed by atoms with Gasteiger partial charge in [0.2, 0.25) is 0 Å². The van der Waals surface area contributed by atoms with Crippen LogP contribution >= 0.6 is 35.7 Å². The zero-order chi connectivity index (χ0) is 9.52. The Morgan fingerprint density at radius 2 is 2.31 bits per heavy atom. The molecule has 5 heteroatoms. The monoisotopic (exact) mass is 236 g/mol. The Bertz CT molecular complexity index is 163. The van der Waals surface area contributed by atoms with Crippen molar-refractivity contribution in [2.24, 2.45) is 0 Å². The largest absolute Gasteiger partial charge is 0.305 e. The molecule has 0 aliphatic carbocycles. The zero-order valence-electron chi connectivity index (χ0n) is 7.84. The van der Waals surface area contributed by atoms with Gasteiger partial charge in [0.1, 0.15) is 9.03 Å². The lowest BCUT2D eigenvalue weighted by Crippen LogP contribution is -2.29. The van der Waals surface area contributed by atoms with Gasteiger partial charge in [0.25, 0.3) is 0 Å². The van der Waals surface area contributed by atoms with E-state index < -0.39 is 0 Å². The van der Waals surface area contributed by atoms with E-state index in [9.17, 15) is 0 Å². The lowest BCUT2D eigenvalue weighted by Gasteiger charge is -2.06. The van der Waals surface area contributed by atoms with Crippen LogP contribution in [0.15, 0.2) is 0 Å². The third-order valence-corrected chi connectivity index (χ3v) is 4.45. The van der Waals surface area contributed by atoms with Crippen LogP contribution in [0.2, 0.25) is 0 Å². The van der Waals surface area contributed by atoms with Gasteiger partial charge in [0.15, 0.2) is 0 Å². The molecule has 1 unspecified atom stereocenters. The van der Waals surface area contributed by atoms with E-state index in [-0.39, 0.29) is 0 Å². The molecule has 13 heavy (non-hydrogen) atoms. The Hall–Kier alpha value is 0.550. The highest BCUT2D eigenvalue weighted by atomic mass is 32.2. The molecule has 0 spiro atoms. The van der Waals surface area contributed by atoms with E-state index in [4.69, 9.17) is 12.2 Å². The molecule has 1 heterocycles. The molecule has 1 atom stereocenters. The molecule has 2 N–H and O–H groups in total. The van der Waals surface area contributed by atoms with Gasteiger partial charge in [-0.25, -0.2) is 5.43 Å². The van der Waals surface area contributed by atoms with Crippen LogP contribution in [0.3, 0.4) is 0 Å². The van der Waals surface area contributed by atoms with Crippen LogP contribution in [-0.2, 0) is 0 Å². The molecule has 0 aromatic rings. The summed E-state index contributed by atoms with van der Waals surface area (Å²) in [6, 6.07) is 0. The first kappa shape index (κ1) is 11.6. The first-order valence-corrected chi connectivity index (χ1v) is 7.00. The topological polar surface area (TPSA) is 24.1 Å². The Balaban J connectivity index is 1.91. The number of thioether (sulfide) groups is 2. The molecule has 2 nitrogen and oxygen atoms in total. The second kappa shape index (κ2) is 6.92. The first-order valence-electron chi connectivity index (χ1n) is 4.66. The minimum absolute atomic E-state index is 0.425. The average Bonchev–Trinajstić information content (AvgIpc) is 2.51. The Kier molecular flexibility index (Phi) is 6.19. The molecule has 1 fully saturated rings. The van der Waals surface area contributed by atoms with E-state index in [1.165, 1.54) is 31.4 Å². The van der Waals surface area contributed by atoms with Gasteiger partial charge in [0.05, 0.1) is 0 Å². The fourth-order valence-electron chi connectivity index (χ4n) is 1.07. The van der Waals surface area contributed by atoms with Gasteiger partial charge in [0, 0.05) is 0 Å². The summed E-state index contributed by atoms with van der Waals surface area (Å²) in [6.07, 6.45) is 5.36. The van der Waals surface area contributed by atoms with Crippen molar-refractivity contribution < 1.29 is 0 Å². The lowest BCUT2D eigenvalue weighted by atomic mass is 10.2. The zero-order valence-corrected chi connectivity index (χ0v) is 10.3. The third-order valence-electron chi connectivity index (χ3n) is 1.77. The van der Waals surface area contributed by atoms with E-state index >= 15 is 0 Å². The van der Waals surface area contributed by atoms with E-state index in [0.717, 1.165) is 4.32 Å². The summed E-state index contributed by atoms with van der Waals surface area (Å²) in [5.41, 5.74) is 6.08. The van der Waals surface area contributed by atoms with Gasteiger partial charge in [-0.15, -0.1) is 11.8 Å². The highest BCUT2D eigenvalue weighted by Crippen LogP contribution is 2.25. The molecule has 1 rings (SSSR count). The Labute approximate surface area is 94.0 Å². The number of unbranched alkanes of at least 4 members (excludes halogenated alkanes) is 3. The Morgan fingerprint density at radius 3 is 2.92 bits per heavy atom. The standard InChI is InChI=1S/C8H16N2S3/c1-2-3-4-5-6-12-8-10-9-7(11)13-8/h8,10H,2-6H2,1H3,(H,9,11). The van der Waals surface area contributed by atoms with E-state index in [1.807, 2.05) is 11.8 Å². The molecule has 76 valence electrons. The van der Waals surface area contributed by atoms with Crippen molar-refractivity contribution in [3.63, 3.8) is 0 Å². The molecular formula is C8H16N2S3. The molecule has 0 aromatic carbocycles. The van der Waals surface area contributed by atoms with Crippen LogP contribution in [0, 0.1) is 0 Å². The number of hydrazine groups is 1. The van der Waals surface area contributed by atoms with Crippen molar-refractivity contribution in [2.45, 2.75) is 37.3 Å². The molecule has 0 aromatic heterocycles. The second-order valence-corrected chi connectivity index (χ2v) is 6.23. The maximum Gasteiger partial charge on any atom is 0.150 e. The molecule has 0 radical (unpaired) electrons. The highest BCUT2D eigenvalue weighted by molar-refractivity contribution is 8.30. The molecule has 1 aliphatic heterocycles. The van der Waals surface area contributed by atoms with Crippen LogP contribution in [0.4, 0.5) is 0 Å². The smallest absolute Gasteiger partial charge is 0.150 e. The van der Waals surface area contributed by atoms with Gasteiger partial charge in [-0.2, -0.15) is 0 Å². The van der Waals surface area contributed by atoms with Crippen LogP contribution in [0.1, 0.15) is 32.6 Å². The van der Waals surface area contributed by atoms with Crippen LogP contribution < -0.4 is 10.9 Å². The normalized spacial score (nSPS) is 21.9. The predicted octanol–water partition coefficient (Wildman–Crippen LogP) is 2.71. The second-order valence-electron chi connectivity index (χ2n) is 2.94. The molecule has 1 saturated heterocycles. The van der Waals surface area contributed by atoms with Crippen LogP contribution in [0.25, 0.3) is 0 Å². The molecular weight excluding hydrogens is 220 g/mol. The Morgan fingerprint density at radius 1 is 1.46 bits per heavy atom. The van der Waals surface area contributed by atoms with Gasteiger partial charge in [-0.05, 0) is 12.2 Å². The number of rotatable bonds is 6. The number of hydrogen-bond acceptors (Lipinski definition) is 4.